The molecule has 1 saturated carbocycles. The minimum atomic E-state index is 0.328. The third kappa shape index (κ3) is 3.79. The molecular formula is C16H23ClO2. The van der Waals surface area contributed by atoms with Crippen LogP contribution in [0, 0.1) is 5.92 Å². The van der Waals surface area contributed by atoms with Crippen LogP contribution in [-0.4, -0.2) is 13.2 Å². The molecule has 0 amide bonds. The maximum Gasteiger partial charge on any atom is 0.161 e. The molecule has 0 N–H and O–H groups in total. The minimum Gasteiger partial charge on any atom is -0.493 e. The largest absolute Gasteiger partial charge is 0.493 e. The zero-order valence-electron chi connectivity index (χ0n) is 11.8. The molecule has 0 aliphatic heterocycles. The molecule has 0 saturated heterocycles. The number of halogens is 1. The molecule has 0 heterocycles. The lowest BCUT2D eigenvalue weighted by Gasteiger charge is -2.29. The molecule has 0 spiro atoms. The molecule has 0 radical (unpaired) electrons. The fourth-order valence-electron chi connectivity index (χ4n) is 2.79. The van der Waals surface area contributed by atoms with Crippen LogP contribution < -0.4 is 9.47 Å². The zero-order valence-corrected chi connectivity index (χ0v) is 12.6. The highest BCUT2D eigenvalue weighted by molar-refractivity contribution is 6.17. The fraction of sp³-hybridized carbons (Fsp3) is 0.625. The molecule has 0 aromatic heterocycles. The van der Waals surface area contributed by atoms with E-state index in [0.29, 0.717) is 12.0 Å². The number of methoxy groups -OCH3 is 1. The topological polar surface area (TPSA) is 18.5 Å². The van der Waals surface area contributed by atoms with E-state index in [2.05, 4.69) is 6.92 Å². The molecule has 0 bridgehead atoms. The lowest BCUT2D eigenvalue weighted by atomic mass is 9.85. The van der Waals surface area contributed by atoms with Gasteiger partial charge in [0.1, 0.15) is 0 Å². The van der Waals surface area contributed by atoms with Gasteiger partial charge >= 0.3 is 0 Å². The van der Waals surface area contributed by atoms with Crippen LogP contribution in [0.25, 0.3) is 0 Å². The summed E-state index contributed by atoms with van der Waals surface area (Å²) >= 11 is 5.84. The highest BCUT2D eigenvalue weighted by atomic mass is 35.5. The van der Waals surface area contributed by atoms with Gasteiger partial charge in [0.05, 0.1) is 13.2 Å². The first-order chi connectivity index (χ1) is 9.26. The summed E-state index contributed by atoms with van der Waals surface area (Å²) in [5, 5.41) is 0. The number of hydrogen-bond donors (Lipinski definition) is 0. The summed E-state index contributed by atoms with van der Waals surface area (Å²) < 4.78 is 11.5. The number of ether oxygens (including phenoxy) is 2. The maximum absolute atomic E-state index is 6.14. The summed E-state index contributed by atoms with van der Waals surface area (Å²) in [5.41, 5.74) is 1.06. The Hall–Kier alpha value is -0.890. The summed E-state index contributed by atoms with van der Waals surface area (Å²) in [6.45, 7) is 2.27. The maximum atomic E-state index is 6.14. The number of alkyl halides is 1. The molecule has 1 aliphatic rings. The van der Waals surface area contributed by atoms with E-state index in [9.17, 15) is 0 Å². The Labute approximate surface area is 121 Å². The smallest absolute Gasteiger partial charge is 0.161 e. The number of rotatable bonds is 5. The Balaban J connectivity index is 2.05. The summed E-state index contributed by atoms with van der Waals surface area (Å²) in [6, 6.07) is 5.94. The molecule has 3 heteroatoms. The summed E-state index contributed by atoms with van der Waals surface area (Å²) in [7, 11) is 1.68. The van der Waals surface area contributed by atoms with Crippen LogP contribution in [0.2, 0.25) is 0 Å². The van der Waals surface area contributed by atoms with E-state index in [1.54, 1.807) is 7.11 Å². The second-order valence-corrected chi connectivity index (χ2v) is 5.57. The van der Waals surface area contributed by atoms with E-state index in [0.717, 1.165) is 35.8 Å². The van der Waals surface area contributed by atoms with Crippen LogP contribution in [0.15, 0.2) is 18.2 Å². The van der Waals surface area contributed by atoms with Crippen molar-refractivity contribution in [1.82, 2.24) is 0 Å². The van der Waals surface area contributed by atoms with Gasteiger partial charge in [0, 0.05) is 5.88 Å². The minimum absolute atomic E-state index is 0.328. The van der Waals surface area contributed by atoms with Gasteiger partial charge in [-0.3, -0.25) is 0 Å². The predicted octanol–water partition coefficient (Wildman–Crippen LogP) is 4.78. The Morgan fingerprint density at radius 2 is 2.11 bits per heavy atom. The van der Waals surface area contributed by atoms with Crippen LogP contribution >= 0.6 is 11.6 Å². The first-order valence-electron chi connectivity index (χ1n) is 7.16. The summed E-state index contributed by atoms with van der Waals surface area (Å²) in [6.07, 6.45) is 6.51. The SMILES string of the molecule is CCC1CCCC(Oc2ccc(CCl)cc2OC)C1. The van der Waals surface area contributed by atoms with E-state index >= 15 is 0 Å². The number of benzene rings is 1. The van der Waals surface area contributed by atoms with Gasteiger partial charge in [-0.2, -0.15) is 0 Å². The van der Waals surface area contributed by atoms with Crippen molar-refractivity contribution in [2.24, 2.45) is 5.92 Å². The number of hydrogen-bond acceptors (Lipinski definition) is 2. The molecular weight excluding hydrogens is 260 g/mol. The van der Waals surface area contributed by atoms with Crippen molar-refractivity contribution < 1.29 is 9.47 Å². The van der Waals surface area contributed by atoms with Gasteiger partial charge in [0.15, 0.2) is 11.5 Å². The van der Waals surface area contributed by atoms with Crippen molar-refractivity contribution in [1.29, 1.82) is 0 Å². The van der Waals surface area contributed by atoms with Crippen LogP contribution in [0.3, 0.4) is 0 Å². The zero-order chi connectivity index (χ0) is 13.7. The van der Waals surface area contributed by atoms with Gasteiger partial charge in [0.2, 0.25) is 0 Å². The molecule has 2 unspecified atom stereocenters. The molecule has 2 nitrogen and oxygen atoms in total. The molecule has 106 valence electrons. The molecule has 19 heavy (non-hydrogen) atoms. The Morgan fingerprint density at radius 1 is 1.26 bits per heavy atom. The standard InChI is InChI=1S/C16H23ClO2/c1-3-12-5-4-6-14(9-12)19-15-8-7-13(11-17)10-16(15)18-2/h7-8,10,12,14H,3-6,9,11H2,1-2H3. The quantitative estimate of drug-likeness (QED) is 0.724. The first-order valence-corrected chi connectivity index (χ1v) is 7.69. The second kappa shape index (κ2) is 7.04. The highest BCUT2D eigenvalue weighted by Crippen LogP contribution is 2.34. The van der Waals surface area contributed by atoms with E-state index in [4.69, 9.17) is 21.1 Å². The van der Waals surface area contributed by atoms with Crippen LogP contribution in [0.1, 0.15) is 44.6 Å². The van der Waals surface area contributed by atoms with Crippen molar-refractivity contribution >= 4 is 11.6 Å². The lowest BCUT2D eigenvalue weighted by Crippen LogP contribution is -2.25. The third-order valence-electron chi connectivity index (χ3n) is 3.99. The van der Waals surface area contributed by atoms with Crippen molar-refractivity contribution in [3.8, 4) is 11.5 Å². The summed E-state index contributed by atoms with van der Waals surface area (Å²) in [5.74, 6) is 2.94. The fourth-order valence-corrected chi connectivity index (χ4v) is 2.96. The van der Waals surface area contributed by atoms with Gasteiger partial charge in [-0.1, -0.05) is 25.8 Å². The first kappa shape index (κ1) is 14.5. The molecule has 1 aromatic rings. The van der Waals surface area contributed by atoms with Crippen molar-refractivity contribution in [2.45, 2.75) is 51.0 Å². The Morgan fingerprint density at radius 3 is 2.79 bits per heavy atom. The normalized spacial score (nSPS) is 23.1. The van der Waals surface area contributed by atoms with Crippen molar-refractivity contribution in [3.05, 3.63) is 23.8 Å². The predicted molar refractivity (Wildman–Crippen MR) is 79.2 cm³/mol. The van der Waals surface area contributed by atoms with E-state index < -0.39 is 0 Å². The average Bonchev–Trinajstić information content (AvgIpc) is 2.48. The lowest BCUT2D eigenvalue weighted by molar-refractivity contribution is 0.118. The summed E-state index contributed by atoms with van der Waals surface area (Å²) in [4.78, 5) is 0. The van der Waals surface area contributed by atoms with Crippen molar-refractivity contribution in [3.63, 3.8) is 0 Å². The van der Waals surface area contributed by atoms with Crippen LogP contribution in [-0.2, 0) is 5.88 Å². The van der Waals surface area contributed by atoms with Gasteiger partial charge in [0.25, 0.3) is 0 Å². The van der Waals surface area contributed by atoms with E-state index in [1.165, 1.54) is 19.3 Å². The van der Waals surface area contributed by atoms with Crippen LogP contribution in [0.5, 0.6) is 11.5 Å². The Kier molecular flexibility index (Phi) is 5.38. The Bertz CT molecular complexity index is 406. The van der Waals surface area contributed by atoms with E-state index in [1.807, 2.05) is 18.2 Å². The van der Waals surface area contributed by atoms with Crippen molar-refractivity contribution in [2.75, 3.05) is 7.11 Å². The monoisotopic (exact) mass is 282 g/mol. The van der Waals surface area contributed by atoms with Gasteiger partial charge in [-0.05, 0) is 42.9 Å². The van der Waals surface area contributed by atoms with Crippen LogP contribution in [0.4, 0.5) is 0 Å². The van der Waals surface area contributed by atoms with Gasteiger partial charge < -0.3 is 9.47 Å². The molecule has 1 fully saturated rings. The van der Waals surface area contributed by atoms with Gasteiger partial charge in [-0.15, -0.1) is 11.6 Å². The third-order valence-corrected chi connectivity index (χ3v) is 4.30. The molecule has 2 atom stereocenters. The van der Waals surface area contributed by atoms with Gasteiger partial charge in [-0.25, -0.2) is 0 Å². The molecule has 1 aromatic carbocycles. The second-order valence-electron chi connectivity index (χ2n) is 5.30. The molecule has 2 rings (SSSR count). The van der Waals surface area contributed by atoms with E-state index in [-0.39, 0.29) is 0 Å². The highest BCUT2D eigenvalue weighted by Gasteiger charge is 2.23. The molecule has 1 aliphatic carbocycles. The average molecular weight is 283 g/mol.